The third kappa shape index (κ3) is 2.44. The predicted molar refractivity (Wildman–Crippen MR) is 68.2 cm³/mol. The SMILES string of the molecule is COc1ncccc1C(N)c1cc(F)ccc1Cl. The van der Waals surface area contributed by atoms with E-state index in [4.69, 9.17) is 22.1 Å². The van der Waals surface area contributed by atoms with Crippen molar-refractivity contribution in [2.24, 2.45) is 5.73 Å². The van der Waals surface area contributed by atoms with E-state index in [0.717, 1.165) is 0 Å². The van der Waals surface area contributed by atoms with E-state index >= 15 is 0 Å². The molecule has 0 saturated heterocycles. The quantitative estimate of drug-likeness (QED) is 0.929. The molecule has 2 aromatic rings. The highest BCUT2D eigenvalue weighted by atomic mass is 35.5. The first-order chi connectivity index (χ1) is 8.63. The Kier molecular flexibility index (Phi) is 3.79. The second-order valence-electron chi connectivity index (χ2n) is 3.75. The molecule has 1 atom stereocenters. The number of nitrogens with zero attached hydrogens (tertiary/aromatic N) is 1. The van der Waals surface area contributed by atoms with Crippen LogP contribution >= 0.6 is 11.6 Å². The lowest BCUT2D eigenvalue weighted by atomic mass is 10.0. The Labute approximate surface area is 109 Å². The summed E-state index contributed by atoms with van der Waals surface area (Å²) in [5, 5.41) is 0.412. The summed E-state index contributed by atoms with van der Waals surface area (Å²) in [5.41, 5.74) is 7.25. The highest BCUT2D eigenvalue weighted by molar-refractivity contribution is 6.31. The first kappa shape index (κ1) is 12.8. The summed E-state index contributed by atoms with van der Waals surface area (Å²) in [7, 11) is 1.51. The van der Waals surface area contributed by atoms with Gasteiger partial charge < -0.3 is 10.5 Å². The van der Waals surface area contributed by atoms with Crippen molar-refractivity contribution >= 4 is 11.6 Å². The van der Waals surface area contributed by atoms with Crippen molar-refractivity contribution in [3.05, 3.63) is 58.5 Å². The third-order valence-corrected chi connectivity index (χ3v) is 2.97. The number of aromatic nitrogens is 1. The van der Waals surface area contributed by atoms with Crippen LogP contribution in [-0.2, 0) is 0 Å². The molecule has 0 bridgehead atoms. The Morgan fingerprint density at radius 1 is 1.33 bits per heavy atom. The van der Waals surface area contributed by atoms with Gasteiger partial charge in [-0.05, 0) is 29.8 Å². The minimum Gasteiger partial charge on any atom is -0.481 e. The molecular formula is C13H12ClFN2O. The highest BCUT2D eigenvalue weighted by Crippen LogP contribution is 2.30. The van der Waals surface area contributed by atoms with E-state index in [-0.39, 0.29) is 5.82 Å². The number of ether oxygens (including phenoxy) is 1. The molecule has 0 fully saturated rings. The van der Waals surface area contributed by atoms with Crippen molar-refractivity contribution in [3.63, 3.8) is 0 Å². The van der Waals surface area contributed by atoms with E-state index in [1.54, 1.807) is 18.3 Å². The normalized spacial score (nSPS) is 12.2. The van der Waals surface area contributed by atoms with E-state index in [0.29, 0.717) is 22.0 Å². The van der Waals surface area contributed by atoms with Gasteiger partial charge in [-0.2, -0.15) is 0 Å². The van der Waals surface area contributed by atoms with Crippen LogP contribution in [0.25, 0.3) is 0 Å². The van der Waals surface area contributed by atoms with Gasteiger partial charge in [-0.25, -0.2) is 9.37 Å². The number of hydrogen-bond donors (Lipinski definition) is 1. The van der Waals surface area contributed by atoms with Crippen LogP contribution in [-0.4, -0.2) is 12.1 Å². The smallest absolute Gasteiger partial charge is 0.218 e. The lowest BCUT2D eigenvalue weighted by Crippen LogP contribution is -2.14. The second kappa shape index (κ2) is 5.33. The fourth-order valence-corrected chi connectivity index (χ4v) is 1.97. The van der Waals surface area contributed by atoms with Crippen molar-refractivity contribution in [2.75, 3.05) is 7.11 Å². The topological polar surface area (TPSA) is 48.1 Å². The standard InChI is InChI=1S/C13H12ClFN2O/c1-18-13-9(3-2-6-17-13)12(16)10-7-8(15)4-5-11(10)14/h2-7,12H,16H2,1H3. The maximum Gasteiger partial charge on any atom is 0.218 e. The molecule has 0 aliphatic rings. The van der Waals surface area contributed by atoms with E-state index in [9.17, 15) is 4.39 Å². The van der Waals surface area contributed by atoms with Crippen molar-refractivity contribution in [3.8, 4) is 5.88 Å². The minimum atomic E-state index is -0.586. The largest absolute Gasteiger partial charge is 0.481 e. The van der Waals surface area contributed by atoms with Gasteiger partial charge in [0.05, 0.1) is 13.2 Å². The van der Waals surface area contributed by atoms with E-state index in [1.165, 1.54) is 25.3 Å². The average Bonchev–Trinajstić information content (AvgIpc) is 2.40. The predicted octanol–water partition coefficient (Wildman–Crippen LogP) is 2.93. The molecule has 0 amide bonds. The Hall–Kier alpha value is -1.65. The van der Waals surface area contributed by atoms with Crippen molar-refractivity contribution in [1.82, 2.24) is 4.98 Å². The molecule has 94 valence electrons. The maximum absolute atomic E-state index is 13.2. The van der Waals surface area contributed by atoms with E-state index < -0.39 is 6.04 Å². The van der Waals surface area contributed by atoms with Crippen LogP contribution in [0.1, 0.15) is 17.2 Å². The molecule has 0 aliphatic heterocycles. The fourth-order valence-electron chi connectivity index (χ4n) is 1.73. The molecule has 1 aromatic carbocycles. The summed E-state index contributed by atoms with van der Waals surface area (Å²) >= 11 is 6.03. The van der Waals surface area contributed by atoms with Crippen molar-refractivity contribution in [2.45, 2.75) is 6.04 Å². The monoisotopic (exact) mass is 266 g/mol. The number of benzene rings is 1. The van der Waals surface area contributed by atoms with Crippen molar-refractivity contribution < 1.29 is 9.13 Å². The van der Waals surface area contributed by atoms with Crippen LogP contribution in [0.2, 0.25) is 5.02 Å². The molecule has 0 radical (unpaired) electrons. The summed E-state index contributed by atoms with van der Waals surface area (Å²) in [6.07, 6.45) is 1.60. The zero-order valence-electron chi connectivity index (χ0n) is 9.73. The molecule has 1 aromatic heterocycles. The Balaban J connectivity index is 2.47. The third-order valence-electron chi connectivity index (χ3n) is 2.62. The van der Waals surface area contributed by atoms with Gasteiger partial charge in [0.2, 0.25) is 5.88 Å². The molecule has 0 saturated carbocycles. The number of halogens is 2. The average molecular weight is 267 g/mol. The zero-order valence-corrected chi connectivity index (χ0v) is 10.5. The first-order valence-electron chi connectivity index (χ1n) is 5.33. The zero-order chi connectivity index (χ0) is 13.1. The number of hydrogen-bond acceptors (Lipinski definition) is 3. The van der Waals surface area contributed by atoms with Gasteiger partial charge in [0.1, 0.15) is 5.82 Å². The Morgan fingerprint density at radius 3 is 2.83 bits per heavy atom. The van der Waals surface area contributed by atoms with E-state index in [1.807, 2.05) is 0 Å². The highest BCUT2D eigenvalue weighted by Gasteiger charge is 2.17. The lowest BCUT2D eigenvalue weighted by molar-refractivity contribution is 0.390. The van der Waals surface area contributed by atoms with E-state index in [2.05, 4.69) is 4.98 Å². The van der Waals surface area contributed by atoms with Crippen LogP contribution in [0.5, 0.6) is 5.88 Å². The summed E-state index contributed by atoms with van der Waals surface area (Å²) < 4.78 is 18.4. The molecule has 18 heavy (non-hydrogen) atoms. The van der Waals surface area contributed by atoms with Gasteiger partial charge in [-0.1, -0.05) is 17.7 Å². The van der Waals surface area contributed by atoms with Gasteiger partial charge in [-0.3, -0.25) is 0 Å². The van der Waals surface area contributed by atoms with Crippen LogP contribution in [0.4, 0.5) is 4.39 Å². The minimum absolute atomic E-state index is 0.382. The summed E-state index contributed by atoms with van der Waals surface area (Å²) in [4.78, 5) is 4.06. The van der Waals surface area contributed by atoms with Gasteiger partial charge >= 0.3 is 0 Å². The lowest BCUT2D eigenvalue weighted by Gasteiger charge is -2.16. The first-order valence-corrected chi connectivity index (χ1v) is 5.70. The molecule has 2 N–H and O–H groups in total. The Morgan fingerprint density at radius 2 is 2.11 bits per heavy atom. The molecule has 5 heteroatoms. The summed E-state index contributed by atoms with van der Waals surface area (Å²) in [6, 6.07) is 7.02. The van der Waals surface area contributed by atoms with Gasteiger partial charge in [0.25, 0.3) is 0 Å². The van der Waals surface area contributed by atoms with Crippen molar-refractivity contribution in [1.29, 1.82) is 0 Å². The molecule has 2 rings (SSSR count). The van der Waals surface area contributed by atoms with Crippen LogP contribution < -0.4 is 10.5 Å². The number of pyridine rings is 1. The fraction of sp³-hybridized carbons (Fsp3) is 0.154. The molecule has 0 aliphatic carbocycles. The van der Waals surface area contributed by atoms with Gasteiger partial charge in [-0.15, -0.1) is 0 Å². The molecular weight excluding hydrogens is 255 g/mol. The molecule has 1 unspecified atom stereocenters. The summed E-state index contributed by atoms with van der Waals surface area (Å²) in [6.45, 7) is 0. The second-order valence-corrected chi connectivity index (χ2v) is 4.15. The van der Waals surface area contributed by atoms with Crippen LogP contribution in [0, 0.1) is 5.82 Å². The van der Waals surface area contributed by atoms with Gasteiger partial charge in [0, 0.05) is 16.8 Å². The maximum atomic E-state index is 13.2. The molecule has 0 spiro atoms. The molecule has 3 nitrogen and oxygen atoms in total. The van der Waals surface area contributed by atoms with Gasteiger partial charge in [0.15, 0.2) is 0 Å². The van der Waals surface area contributed by atoms with Crippen LogP contribution in [0.3, 0.4) is 0 Å². The van der Waals surface area contributed by atoms with Crippen LogP contribution in [0.15, 0.2) is 36.5 Å². The Bertz CT molecular complexity index is 562. The number of nitrogens with two attached hydrogens (primary N) is 1. The number of methoxy groups -OCH3 is 1. The summed E-state index contributed by atoms with van der Waals surface area (Å²) in [5.74, 6) is 0.0260. The number of rotatable bonds is 3. The molecule has 1 heterocycles.